The van der Waals surface area contributed by atoms with Crippen molar-refractivity contribution in [2.24, 2.45) is 5.92 Å². The number of β-amino-alcohol motifs (C(OH)–C–C–N with tert-alkyl or cyclic N) is 1. The van der Waals surface area contributed by atoms with Crippen LogP contribution in [-0.4, -0.2) is 54.1 Å². The van der Waals surface area contributed by atoms with Crippen LogP contribution in [0.3, 0.4) is 0 Å². The molecule has 3 N–H and O–H groups in total. The molecule has 1 saturated heterocycles. The average Bonchev–Trinajstić information content (AvgIpc) is 2.58. The van der Waals surface area contributed by atoms with Crippen LogP contribution in [0, 0.1) is 5.92 Å². The summed E-state index contributed by atoms with van der Waals surface area (Å²) in [6.45, 7) is 3.75. The molecule has 8 heteroatoms. The number of hydrogen-bond acceptors (Lipinski definition) is 4. The van der Waals surface area contributed by atoms with Gasteiger partial charge in [0.2, 0.25) is 0 Å². The van der Waals surface area contributed by atoms with E-state index in [1.165, 1.54) is 0 Å². The highest BCUT2D eigenvalue weighted by Crippen LogP contribution is 2.21. The van der Waals surface area contributed by atoms with Crippen LogP contribution in [0.5, 0.6) is 0 Å². The second kappa shape index (κ2) is 5.30. The van der Waals surface area contributed by atoms with E-state index in [-0.39, 0.29) is 25.4 Å². The van der Waals surface area contributed by atoms with Crippen LogP contribution in [0.25, 0.3) is 0 Å². The first kappa shape index (κ1) is 14.4. The predicted octanol–water partition coefficient (Wildman–Crippen LogP) is -1.00. The van der Waals surface area contributed by atoms with Crippen LogP contribution in [0.15, 0.2) is 0 Å². The molecule has 0 aromatic rings. The Balaban J connectivity index is 2.79. The molecule has 1 rings (SSSR count). The molecule has 0 aromatic carbocycles. The van der Waals surface area contributed by atoms with Crippen molar-refractivity contribution in [1.82, 2.24) is 9.03 Å². The fraction of sp³-hybridized carbons (Fsp3) is 0.889. The van der Waals surface area contributed by atoms with Crippen molar-refractivity contribution in [3.63, 3.8) is 0 Å². The number of carboxylic acids is 1. The summed E-state index contributed by atoms with van der Waals surface area (Å²) in [5.41, 5.74) is 0. The molecule has 0 saturated carbocycles. The topological polar surface area (TPSA) is 107 Å². The zero-order valence-corrected chi connectivity index (χ0v) is 10.6. The van der Waals surface area contributed by atoms with Gasteiger partial charge in [0, 0.05) is 19.5 Å². The molecule has 0 radical (unpaired) electrons. The number of carboxylic acid groups (broad SMARTS) is 1. The van der Waals surface area contributed by atoms with Gasteiger partial charge in [-0.1, -0.05) is 13.8 Å². The summed E-state index contributed by atoms with van der Waals surface area (Å²) < 4.78 is 26.8. The van der Waals surface area contributed by atoms with Gasteiger partial charge in [-0.15, -0.1) is 0 Å². The Hall–Kier alpha value is -0.700. The predicted molar refractivity (Wildman–Crippen MR) is 60.5 cm³/mol. The summed E-state index contributed by atoms with van der Waals surface area (Å²) in [5, 5.41) is 18.3. The van der Waals surface area contributed by atoms with Crippen molar-refractivity contribution in [3.8, 4) is 0 Å². The number of aliphatic hydroxyl groups excluding tert-OH is 1. The average molecular weight is 266 g/mol. The normalized spacial score (nSPS) is 26.6. The summed E-state index contributed by atoms with van der Waals surface area (Å²) >= 11 is 0. The highest BCUT2D eigenvalue weighted by molar-refractivity contribution is 7.87. The van der Waals surface area contributed by atoms with Crippen LogP contribution in [0.2, 0.25) is 0 Å². The van der Waals surface area contributed by atoms with E-state index in [0.717, 1.165) is 4.31 Å². The summed E-state index contributed by atoms with van der Waals surface area (Å²) in [6.07, 6.45) is -0.996. The van der Waals surface area contributed by atoms with Crippen molar-refractivity contribution in [3.05, 3.63) is 0 Å². The van der Waals surface area contributed by atoms with Gasteiger partial charge in [-0.2, -0.15) is 12.7 Å². The van der Waals surface area contributed by atoms with Crippen molar-refractivity contribution in [2.45, 2.75) is 32.4 Å². The summed E-state index contributed by atoms with van der Waals surface area (Å²) in [5.74, 6) is -1.11. The van der Waals surface area contributed by atoms with Crippen molar-refractivity contribution in [2.75, 3.05) is 13.1 Å². The molecule has 0 spiro atoms. The smallest absolute Gasteiger partial charge is 0.322 e. The molecule has 7 nitrogen and oxygen atoms in total. The lowest BCUT2D eigenvalue weighted by molar-refractivity contribution is -0.140. The molecule has 17 heavy (non-hydrogen) atoms. The monoisotopic (exact) mass is 266 g/mol. The molecule has 1 fully saturated rings. The molecule has 0 aromatic heterocycles. The lowest BCUT2D eigenvalue weighted by Crippen LogP contribution is -2.47. The van der Waals surface area contributed by atoms with Crippen LogP contribution in [0.1, 0.15) is 20.3 Å². The Bertz CT molecular complexity index is 381. The lowest BCUT2D eigenvalue weighted by atomic mass is 10.2. The van der Waals surface area contributed by atoms with Crippen LogP contribution in [-0.2, 0) is 15.0 Å². The fourth-order valence-electron chi connectivity index (χ4n) is 1.63. The van der Waals surface area contributed by atoms with E-state index in [1.807, 2.05) is 13.8 Å². The molecule has 0 bridgehead atoms. The first-order valence-electron chi connectivity index (χ1n) is 5.41. The van der Waals surface area contributed by atoms with Gasteiger partial charge in [0.1, 0.15) is 6.04 Å². The van der Waals surface area contributed by atoms with Gasteiger partial charge >= 0.3 is 5.97 Å². The van der Waals surface area contributed by atoms with Gasteiger partial charge in [-0.3, -0.25) is 4.79 Å². The Kier molecular flexibility index (Phi) is 4.48. The number of aliphatic carboxylic acids is 1. The molecule has 1 aliphatic rings. The zero-order valence-electron chi connectivity index (χ0n) is 9.83. The summed E-state index contributed by atoms with van der Waals surface area (Å²) in [7, 11) is -3.84. The highest BCUT2D eigenvalue weighted by atomic mass is 32.2. The maximum absolute atomic E-state index is 11.8. The highest BCUT2D eigenvalue weighted by Gasteiger charge is 2.42. The maximum atomic E-state index is 11.8. The van der Waals surface area contributed by atoms with E-state index in [4.69, 9.17) is 5.11 Å². The third-order valence-corrected chi connectivity index (χ3v) is 4.05. The SMILES string of the molecule is CC(C)CNS(=O)(=O)N1C[C@H](O)C[C@@H]1C(=O)O. The summed E-state index contributed by atoms with van der Waals surface area (Å²) in [6, 6.07) is -1.19. The largest absolute Gasteiger partial charge is 0.480 e. The molecule has 1 aliphatic heterocycles. The van der Waals surface area contributed by atoms with Gasteiger partial charge in [-0.25, -0.2) is 4.72 Å². The molecule has 0 unspecified atom stereocenters. The molecule has 100 valence electrons. The maximum Gasteiger partial charge on any atom is 0.322 e. The Labute approximate surface area is 101 Å². The molecular formula is C9H18N2O5S. The zero-order chi connectivity index (χ0) is 13.2. The second-order valence-corrected chi connectivity index (χ2v) is 6.27. The Morgan fingerprint density at radius 3 is 2.59 bits per heavy atom. The number of rotatable bonds is 5. The van der Waals surface area contributed by atoms with Crippen LogP contribution >= 0.6 is 0 Å². The first-order valence-corrected chi connectivity index (χ1v) is 6.85. The third kappa shape index (κ3) is 3.63. The fourth-order valence-corrected chi connectivity index (χ4v) is 3.22. The van der Waals surface area contributed by atoms with E-state index in [9.17, 15) is 18.3 Å². The minimum absolute atomic E-state index is 0.0715. The minimum Gasteiger partial charge on any atom is -0.480 e. The van der Waals surface area contributed by atoms with Crippen molar-refractivity contribution in [1.29, 1.82) is 0 Å². The van der Waals surface area contributed by atoms with Gasteiger partial charge in [0.25, 0.3) is 10.2 Å². The van der Waals surface area contributed by atoms with E-state index in [1.54, 1.807) is 0 Å². The van der Waals surface area contributed by atoms with Crippen molar-refractivity contribution >= 4 is 16.2 Å². The van der Waals surface area contributed by atoms with E-state index in [2.05, 4.69) is 4.72 Å². The number of hydrogen-bond donors (Lipinski definition) is 3. The van der Waals surface area contributed by atoms with E-state index in [0.29, 0.717) is 0 Å². The second-order valence-electron chi connectivity index (χ2n) is 4.56. The first-order chi connectivity index (χ1) is 7.74. The third-order valence-electron chi connectivity index (χ3n) is 2.50. The Morgan fingerprint density at radius 2 is 2.12 bits per heavy atom. The Morgan fingerprint density at radius 1 is 1.53 bits per heavy atom. The lowest BCUT2D eigenvalue weighted by Gasteiger charge is -2.21. The van der Waals surface area contributed by atoms with E-state index >= 15 is 0 Å². The number of aliphatic hydroxyl groups is 1. The molecule has 0 amide bonds. The van der Waals surface area contributed by atoms with Gasteiger partial charge in [-0.05, 0) is 5.92 Å². The molecule has 0 aliphatic carbocycles. The molecule has 2 atom stereocenters. The van der Waals surface area contributed by atoms with E-state index < -0.39 is 28.3 Å². The van der Waals surface area contributed by atoms with Crippen molar-refractivity contribution < 1.29 is 23.4 Å². The number of nitrogens with zero attached hydrogens (tertiary/aromatic N) is 1. The van der Waals surface area contributed by atoms with Gasteiger partial charge < -0.3 is 10.2 Å². The van der Waals surface area contributed by atoms with Crippen LogP contribution in [0.4, 0.5) is 0 Å². The van der Waals surface area contributed by atoms with Crippen LogP contribution < -0.4 is 4.72 Å². The number of carbonyl (C=O) groups is 1. The summed E-state index contributed by atoms with van der Waals surface area (Å²) in [4.78, 5) is 10.9. The quantitative estimate of drug-likeness (QED) is 0.591. The molecular weight excluding hydrogens is 248 g/mol. The van der Waals surface area contributed by atoms with Gasteiger partial charge in [0.15, 0.2) is 0 Å². The standard InChI is InChI=1S/C9H18N2O5S/c1-6(2)4-10-17(15,16)11-5-7(12)3-8(11)9(13)14/h6-8,10,12H,3-5H2,1-2H3,(H,13,14)/t7-,8-/m1/s1. The van der Waals surface area contributed by atoms with Gasteiger partial charge in [0.05, 0.1) is 6.10 Å². The number of nitrogens with one attached hydrogen (secondary N) is 1. The molecule has 1 heterocycles. The minimum atomic E-state index is -3.84.